The lowest BCUT2D eigenvalue weighted by Crippen LogP contribution is -1.97. The van der Waals surface area contributed by atoms with Crippen molar-refractivity contribution in [3.63, 3.8) is 0 Å². The van der Waals surface area contributed by atoms with Crippen LogP contribution in [0.3, 0.4) is 0 Å². The first-order valence-corrected chi connectivity index (χ1v) is 8.30. The zero-order valence-electron chi connectivity index (χ0n) is 14.1. The van der Waals surface area contributed by atoms with Crippen molar-refractivity contribution in [1.29, 1.82) is 0 Å². The maximum atomic E-state index is 11.0. The molecule has 0 amide bonds. The molecule has 2 nitrogen and oxygen atoms in total. The molecule has 3 aromatic rings. The Kier molecular flexibility index (Phi) is 4.85. The molecule has 0 aliphatic heterocycles. The van der Waals surface area contributed by atoms with Gasteiger partial charge in [-0.25, -0.2) is 0 Å². The summed E-state index contributed by atoms with van der Waals surface area (Å²) in [5, 5.41) is 11.0. The fraction of sp³-hybridized carbons (Fsp3) is 0.182. The average molecular weight is 318 g/mol. The zero-order valence-corrected chi connectivity index (χ0v) is 14.1. The van der Waals surface area contributed by atoms with Crippen molar-refractivity contribution in [3.8, 4) is 33.8 Å². The third-order valence-electron chi connectivity index (χ3n) is 4.20. The number of aromatic hydroxyl groups is 1. The van der Waals surface area contributed by atoms with Crippen molar-refractivity contribution >= 4 is 0 Å². The van der Waals surface area contributed by atoms with Gasteiger partial charge in [0.1, 0.15) is 0 Å². The number of aryl methyl sites for hydroxylation is 1. The summed E-state index contributed by atoms with van der Waals surface area (Å²) in [7, 11) is 1.62. The summed E-state index contributed by atoms with van der Waals surface area (Å²) >= 11 is 0. The molecule has 0 radical (unpaired) electrons. The molecule has 1 N–H and O–H groups in total. The third-order valence-corrected chi connectivity index (χ3v) is 4.20. The summed E-state index contributed by atoms with van der Waals surface area (Å²) in [6, 6.07) is 22.3. The third kappa shape index (κ3) is 3.00. The Hall–Kier alpha value is -2.74. The van der Waals surface area contributed by atoms with E-state index in [2.05, 4.69) is 25.1 Å². The van der Waals surface area contributed by atoms with Crippen molar-refractivity contribution in [2.75, 3.05) is 7.11 Å². The van der Waals surface area contributed by atoms with E-state index in [1.165, 1.54) is 0 Å². The van der Waals surface area contributed by atoms with Crippen LogP contribution in [0.2, 0.25) is 0 Å². The van der Waals surface area contributed by atoms with E-state index in [4.69, 9.17) is 4.74 Å². The van der Waals surface area contributed by atoms with Gasteiger partial charge in [-0.1, -0.05) is 74.0 Å². The van der Waals surface area contributed by atoms with Crippen LogP contribution in [-0.2, 0) is 6.42 Å². The van der Waals surface area contributed by atoms with E-state index in [1.54, 1.807) is 7.11 Å². The first kappa shape index (κ1) is 16.1. The Labute approximate surface area is 143 Å². The van der Waals surface area contributed by atoms with Gasteiger partial charge in [-0.3, -0.25) is 0 Å². The van der Waals surface area contributed by atoms with Gasteiger partial charge < -0.3 is 9.84 Å². The molecule has 0 unspecified atom stereocenters. The number of ether oxygens (including phenoxy) is 1. The van der Waals surface area contributed by atoms with E-state index in [0.717, 1.165) is 40.7 Å². The molecule has 0 atom stereocenters. The monoisotopic (exact) mass is 318 g/mol. The van der Waals surface area contributed by atoms with E-state index in [0.29, 0.717) is 5.75 Å². The Morgan fingerprint density at radius 3 is 2.00 bits per heavy atom. The molecule has 0 aliphatic carbocycles. The SMILES string of the molecule is CCCc1cc(-c2ccccc2)c(-c2ccccc2)c(O)c1OC. The summed E-state index contributed by atoms with van der Waals surface area (Å²) in [6.45, 7) is 2.13. The molecule has 2 heteroatoms. The minimum absolute atomic E-state index is 0.216. The van der Waals surface area contributed by atoms with Gasteiger partial charge >= 0.3 is 0 Å². The summed E-state index contributed by atoms with van der Waals surface area (Å²) in [5.41, 5.74) is 4.96. The molecule has 24 heavy (non-hydrogen) atoms. The zero-order chi connectivity index (χ0) is 16.9. The van der Waals surface area contributed by atoms with Crippen molar-refractivity contribution in [1.82, 2.24) is 0 Å². The minimum atomic E-state index is 0.216. The maximum absolute atomic E-state index is 11.0. The number of hydrogen-bond donors (Lipinski definition) is 1. The first-order chi connectivity index (χ1) is 11.8. The highest BCUT2D eigenvalue weighted by Crippen LogP contribution is 2.46. The van der Waals surface area contributed by atoms with Crippen LogP contribution in [-0.4, -0.2) is 12.2 Å². The Bertz CT molecular complexity index is 808. The Morgan fingerprint density at radius 2 is 1.46 bits per heavy atom. The highest BCUT2D eigenvalue weighted by molar-refractivity contribution is 5.90. The summed E-state index contributed by atoms with van der Waals surface area (Å²) < 4.78 is 5.53. The molecule has 0 fully saturated rings. The van der Waals surface area contributed by atoms with Crippen molar-refractivity contribution in [2.24, 2.45) is 0 Å². The second-order valence-corrected chi connectivity index (χ2v) is 5.82. The van der Waals surface area contributed by atoms with Crippen LogP contribution < -0.4 is 4.74 Å². The van der Waals surface area contributed by atoms with Crippen LogP contribution in [0.25, 0.3) is 22.3 Å². The second-order valence-electron chi connectivity index (χ2n) is 5.82. The first-order valence-electron chi connectivity index (χ1n) is 8.30. The highest BCUT2D eigenvalue weighted by atomic mass is 16.5. The minimum Gasteiger partial charge on any atom is -0.504 e. The summed E-state index contributed by atoms with van der Waals surface area (Å²) in [5.74, 6) is 0.795. The Balaban J connectivity index is 2.33. The average Bonchev–Trinajstić information content (AvgIpc) is 2.63. The van der Waals surface area contributed by atoms with Crippen molar-refractivity contribution in [2.45, 2.75) is 19.8 Å². The van der Waals surface area contributed by atoms with Crippen molar-refractivity contribution < 1.29 is 9.84 Å². The summed E-state index contributed by atoms with van der Waals surface area (Å²) in [4.78, 5) is 0. The molecule has 0 saturated carbocycles. The number of phenols is 1. The number of rotatable bonds is 5. The van der Waals surface area contributed by atoms with Crippen LogP contribution in [0.4, 0.5) is 0 Å². The standard InChI is InChI=1S/C22H22O2/c1-3-10-18-15-19(16-11-6-4-7-12-16)20(21(23)22(18)24-2)17-13-8-5-9-14-17/h4-9,11-15,23H,3,10H2,1-2H3. The molecule has 3 aromatic carbocycles. The van der Waals surface area contributed by atoms with Crippen LogP contribution in [0.5, 0.6) is 11.5 Å². The second kappa shape index (κ2) is 7.22. The smallest absolute Gasteiger partial charge is 0.166 e. The molecule has 0 aromatic heterocycles. The lowest BCUT2D eigenvalue weighted by molar-refractivity contribution is 0.370. The van der Waals surface area contributed by atoms with Gasteiger partial charge in [0.2, 0.25) is 0 Å². The normalized spacial score (nSPS) is 10.6. The van der Waals surface area contributed by atoms with E-state index in [1.807, 2.05) is 48.5 Å². The van der Waals surface area contributed by atoms with Crippen LogP contribution in [0, 0.1) is 0 Å². The fourth-order valence-corrected chi connectivity index (χ4v) is 3.13. The molecule has 0 heterocycles. The molecule has 0 saturated heterocycles. The largest absolute Gasteiger partial charge is 0.504 e. The topological polar surface area (TPSA) is 29.5 Å². The maximum Gasteiger partial charge on any atom is 0.166 e. The lowest BCUT2D eigenvalue weighted by Gasteiger charge is -2.18. The number of methoxy groups -OCH3 is 1. The predicted octanol–water partition coefficient (Wildman–Crippen LogP) is 5.69. The van der Waals surface area contributed by atoms with Crippen LogP contribution in [0.1, 0.15) is 18.9 Å². The number of benzene rings is 3. The van der Waals surface area contributed by atoms with Gasteiger partial charge in [0.15, 0.2) is 11.5 Å². The Morgan fingerprint density at radius 1 is 0.875 bits per heavy atom. The van der Waals surface area contributed by atoms with Gasteiger partial charge in [-0.05, 0) is 34.7 Å². The molecular weight excluding hydrogens is 296 g/mol. The van der Waals surface area contributed by atoms with E-state index >= 15 is 0 Å². The molecule has 122 valence electrons. The van der Waals surface area contributed by atoms with Gasteiger partial charge in [0, 0.05) is 5.56 Å². The summed E-state index contributed by atoms with van der Waals surface area (Å²) in [6.07, 6.45) is 1.86. The number of phenolic OH excluding ortho intramolecular Hbond substituents is 1. The van der Waals surface area contributed by atoms with E-state index in [9.17, 15) is 5.11 Å². The molecular formula is C22H22O2. The fourth-order valence-electron chi connectivity index (χ4n) is 3.13. The van der Waals surface area contributed by atoms with Crippen LogP contribution >= 0.6 is 0 Å². The van der Waals surface area contributed by atoms with Gasteiger partial charge in [-0.2, -0.15) is 0 Å². The molecule has 3 rings (SSSR count). The van der Waals surface area contributed by atoms with Crippen molar-refractivity contribution in [3.05, 3.63) is 72.3 Å². The van der Waals surface area contributed by atoms with Gasteiger partial charge in [-0.15, -0.1) is 0 Å². The predicted molar refractivity (Wildman–Crippen MR) is 99.5 cm³/mol. The van der Waals surface area contributed by atoms with Gasteiger partial charge in [0.25, 0.3) is 0 Å². The lowest BCUT2D eigenvalue weighted by atomic mass is 9.90. The van der Waals surface area contributed by atoms with Gasteiger partial charge in [0.05, 0.1) is 7.11 Å². The number of hydrogen-bond acceptors (Lipinski definition) is 2. The van der Waals surface area contributed by atoms with E-state index < -0.39 is 0 Å². The molecule has 0 aliphatic rings. The quantitative estimate of drug-likeness (QED) is 0.655. The molecule has 0 bridgehead atoms. The molecule has 0 spiro atoms. The van der Waals surface area contributed by atoms with E-state index in [-0.39, 0.29) is 5.75 Å². The van der Waals surface area contributed by atoms with Crippen LogP contribution in [0.15, 0.2) is 66.7 Å². The highest BCUT2D eigenvalue weighted by Gasteiger charge is 2.20.